The van der Waals surface area contributed by atoms with Crippen LogP contribution in [0.3, 0.4) is 0 Å². The standard InChI is InChI=1S/C18H25N7O2/c26-17(10-5-11-19-18(27)22-14-6-2-1-3-7-14)21-15-8-4-9-16(12-15)25-13-20-23-24-25/h4,8-9,12-14H,1-3,5-7,10-11H2,(H,21,26)(H2,19,22,27). The molecule has 0 aliphatic heterocycles. The van der Waals surface area contributed by atoms with Crippen molar-refractivity contribution < 1.29 is 9.59 Å². The minimum atomic E-state index is -0.142. The molecular formula is C18H25N7O2. The second-order valence-corrected chi connectivity index (χ2v) is 6.69. The summed E-state index contributed by atoms with van der Waals surface area (Å²) in [5.41, 5.74) is 1.44. The Kier molecular flexibility index (Phi) is 6.72. The summed E-state index contributed by atoms with van der Waals surface area (Å²) in [4.78, 5) is 23.9. The van der Waals surface area contributed by atoms with Crippen molar-refractivity contribution in [1.82, 2.24) is 30.8 Å². The molecule has 0 bridgehead atoms. The van der Waals surface area contributed by atoms with Crippen LogP contribution in [0.4, 0.5) is 10.5 Å². The number of anilines is 1. The second kappa shape index (κ2) is 9.65. The van der Waals surface area contributed by atoms with Crippen LogP contribution in [0, 0.1) is 0 Å². The molecule has 3 rings (SSSR count). The zero-order chi connectivity index (χ0) is 18.9. The first-order valence-corrected chi connectivity index (χ1v) is 9.38. The maximum absolute atomic E-state index is 12.1. The van der Waals surface area contributed by atoms with E-state index in [-0.39, 0.29) is 18.0 Å². The van der Waals surface area contributed by atoms with E-state index in [9.17, 15) is 9.59 Å². The maximum Gasteiger partial charge on any atom is 0.315 e. The monoisotopic (exact) mass is 371 g/mol. The molecule has 1 aromatic heterocycles. The summed E-state index contributed by atoms with van der Waals surface area (Å²) in [5, 5.41) is 19.7. The van der Waals surface area contributed by atoms with Gasteiger partial charge >= 0.3 is 6.03 Å². The number of hydrogen-bond acceptors (Lipinski definition) is 5. The van der Waals surface area contributed by atoms with E-state index in [0.717, 1.165) is 18.5 Å². The van der Waals surface area contributed by atoms with Gasteiger partial charge in [0.05, 0.1) is 5.69 Å². The van der Waals surface area contributed by atoms with Crippen LogP contribution < -0.4 is 16.0 Å². The van der Waals surface area contributed by atoms with Gasteiger partial charge in [-0.15, -0.1) is 5.10 Å². The number of benzene rings is 1. The largest absolute Gasteiger partial charge is 0.338 e. The lowest BCUT2D eigenvalue weighted by atomic mass is 9.96. The number of aromatic nitrogens is 4. The molecule has 0 spiro atoms. The van der Waals surface area contributed by atoms with Crippen molar-refractivity contribution in [2.24, 2.45) is 0 Å². The molecule has 3 N–H and O–H groups in total. The van der Waals surface area contributed by atoms with Gasteiger partial charge < -0.3 is 16.0 Å². The highest BCUT2D eigenvalue weighted by molar-refractivity contribution is 5.91. The number of hydrogen-bond donors (Lipinski definition) is 3. The van der Waals surface area contributed by atoms with Gasteiger partial charge in [0.15, 0.2) is 0 Å². The molecule has 27 heavy (non-hydrogen) atoms. The smallest absolute Gasteiger partial charge is 0.315 e. The molecule has 1 saturated carbocycles. The maximum atomic E-state index is 12.1. The first kappa shape index (κ1) is 18.8. The van der Waals surface area contributed by atoms with Gasteiger partial charge in [-0.2, -0.15) is 0 Å². The molecule has 1 aliphatic carbocycles. The Morgan fingerprint density at radius 3 is 2.81 bits per heavy atom. The van der Waals surface area contributed by atoms with Gasteiger partial charge in [0.1, 0.15) is 6.33 Å². The Morgan fingerprint density at radius 1 is 1.19 bits per heavy atom. The van der Waals surface area contributed by atoms with Crippen molar-refractivity contribution in [1.29, 1.82) is 0 Å². The molecule has 1 heterocycles. The van der Waals surface area contributed by atoms with E-state index in [1.54, 1.807) is 6.07 Å². The molecule has 0 unspecified atom stereocenters. The summed E-state index contributed by atoms with van der Waals surface area (Å²) in [6.45, 7) is 0.469. The minimum Gasteiger partial charge on any atom is -0.338 e. The third-order valence-electron chi connectivity index (χ3n) is 4.55. The van der Waals surface area contributed by atoms with Crippen LogP contribution in [0.2, 0.25) is 0 Å². The number of nitrogens with zero attached hydrogens (tertiary/aromatic N) is 4. The highest BCUT2D eigenvalue weighted by Crippen LogP contribution is 2.17. The fourth-order valence-corrected chi connectivity index (χ4v) is 3.16. The third-order valence-corrected chi connectivity index (χ3v) is 4.55. The van der Waals surface area contributed by atoms with Crippen LogP contribution in [0.25, 0.3) is 5.69 Å². The van der Waals surface area contributed by atoms with E-state index in [4.69, 9.17) is 0 Å². The topological polar surface area (TPSA) is 114 Å². The lowest BCUT2D eigenvalue weighted by Gasteiger charge is -2.22. The van der Waals surface area contributed by atoms with Crippen molar-refractivity contribution in [3.05, 3.63) is 30.6 Å². The van der Waals surface area contributed by atoms with E-state index < -0.39 is 0 Å². The number of urea groups is 1. The molecule has 9 nitrogen and oxygen atoms in total. The number of nitrogens with one attached hydrogen (secondary N) is 3. The van der Waals surface area contributed by atoms with Gasteiger partial charge in [-0.1, -0.05) is 25.3 Å². The van der Waals surface area contributed by atoms with Crippen LogP contribution >= 0.6 is 0 Å². The van der Waals surface area contributed by atoms with Crippen LogP contribution in [-0.4, -0.2) is 44.7 Å². The SMILES string of the molecule is O=C(CCCNC(=O)NC1CCCCC1)Nc1cccc(-n2cnnn2)c1. The first-order valence-electron chi connectivity index (χ1n) is 9.38. The predicted molar refractivity (Wildman–Crippen MR) is 100 cm³/mol. The van der Waals surface area contributed by atoms with Crippen molar-refractivity contribution in [2.75, 3.05) is 11.9 Å². The molecule has 0 radical (unpaired) electrons. The van der Waals surface area contributed by atoms with Gasteiger partial charge in [0, 0.05) is 24.7 Å². The first-order chi connectivity index (χ1) is 13.2. The molecule has 3 amide bonds. The summed E-state index contributed by atoms with van der Waals surface area (Å²) in [5.74, 6) is -0.0987. The van der Waals surface area contributed by atoms with Crippen molar-refractivity contribution >= 4 is 17.6 Å². The Hall–Kier alpha value is -2.97. The molecule has 0 atom stereocenters. The van der Waals surface area contributed by atoms with Gasteiger partial charge in [0.25, 0.3) is 0 Å². The number of rotatable bonds is 7. The Bertz CT molecular complexity index is 742. The lowest BCUT2D eigenvalue weighted by molar-refractivity contribution is -0.116. The summed E-state index contributed by atoms with van der Waals surface area (Å²) < 4.78 is 1.52. The minimum absolute atomic E-state index is 0.0987. The average molecular weight is 371 g/mol. The average Bonchev–Trinajstić information content (AvgIpc) is 3.21. The van der Waals surface area contributed by atoms with Crippen LogP contribution in [0.1, 0.15) is 44.9 Å². The Labute approximate surface area is 157 Å². The van der Waals surface area contributed by atoms with E-state index in [2.05, 4.69) is 31.5 Å². The van der Waals surface area contributed by atoms with Crippen LogP contribution in [0.5, 0.6) is 0 Å². The second-order valence-electron chi connectivity index (χ2n) is 6.69. The van der Waals surface area contributed by atoms with Crippen molar-refractivity contribution in [2.45, 2.75) is 51.0 Å². The van der Waals surface area contributed by atoms with Crippen molar-refractivity contribution in [3.8, 4) is 5.69 Å². The molecule has 2 aromatic rings. The molecule has 1 aromatic carbocycles. The number of carbonyl (C=O) groups is 2. The van der Waals surface area contributed by atoms with E-state index in [1.807, 2.05) is 18.2 Å². The fraction of sp³-hybridized carbons (Fsp3) is 0.500. The quantitative estimate of drug-likeness (QED) is 0.644. The van der Waals surface area contributed by atoms with Crippen LogP contribution in [0.15, 0.2) is 30.6 Å². The van der Waals surface area contributed by atoms with E-state index in [1.165, 1.54) is 30.3 Å². The van der Waals surface area contributed by atoms with Crippen LogP contribution in [-0.2, 0) is 4.79 Å². The number of tetrazole rings is 1. The lowest BCUT2D eigenvalue weighted by Crippen LogP contribution is -2.43. The normalized spacial score (nSPS) is 14.5. The Morgan fingerprint density at radius 2 is 2.04 bits per heavy atom. The molecular weight excluding hydrogens is 346 g/mol. The third kappa shape index (κ3) is 6.05. The zero-order valence-corrected chi connectivity index (χ0v) is 15.2. The summed E-state index contributed by atoms with van der Waals surface area (Å²) in [6, 6.07) is 7.42. The molecule has 144 valence electrons. The summed E-state index contributed by atoms with van der Waals surface area (Å²) in [7, 11) is 0. The predicted octanol–water partition coefficient (Wildman–Crippen LogP) is 2.01. The highest BCUT2D eigenvalue weighted by atomic mass is 16.2. The summed E-state index contributed by atoms with van der Waals surface area (Å²) in [6.07, 6.45) is 8.13. The highest BCUT2D eigenvalue weighted by Gasteiger charge is 2.15. The van der Waals surface area contributed by atoms with E-state index in [0.29, 0.717) is 25.1 Å². The number of carbonyl (C=O) groups excluding carboxylic acids is 2. The van der Waals surface area contributed by atoms with Gasteiger partial charge in [-0.05, 0) is 47.9 Å². The van der Waals surface area contributed by atoms with Crippen molar-refractivity contribution in [3.63, 3.8) is 0 Å². The molecule has 1 fully saturated rings. The fourth-order valence-electron chi connectivity index (χ4n) is 3.16. The molecule has 0 saturated heterocycles. The Balaban J connectivity index is 1.35. The molecule has 1 aliphatic rings. The zero-order valence-electron chi connectivity index (χ0n) is 15.2. The van der Waals surface area contributed by atoms with Gasteiger partial charge in [-0.3, -0.25) is 4.79 Å². The number of amides is 3. The van der Waals surface area contributed by atoms with Gasteiger partial charge in [0.2, 0.25) is 5.91 Å². The van der Waals surface area contributed by atoms with E-state index >= 15 is 0 Å². The summed E-state index contributed by atoms with van der Waals surface area (Å²) >= 11 is 0. The molecule has 9 heteroatoms. The van der Waals surface area contributed by atoms with Gasteiger partial charge in [-0.25, -0.2) is 9.48 Å².